The SMILES string of the molecule is CC(C)(C)CC(C)(C)NC(=O)CCCCCCN. The molecule has 108 valence electrons. The van der Waals surface area contributed by atoms with Crippen LogP contribution < -0.4 is 11.1 Å². The summed E-state index contributed by atoms with van der Waals surface area (Å²) in [6.07, 6.45) is 5.89. The van der Waals surface area contributed by atoms with E-state index < -0.39 is 0 Å². The Kier molecular flexibility index (Phi) is 7.53. The second-order valence-corrected chi connectivity index (χ2v) is 7.12. The minimum Gasteiger partial charge on any atom is -0.351 e. The Balaban J connectivity index is 3.85. The zero-order valence-electron chi connectivity index (χ0n) is 12.9. The maximum Gasteiger partial charge on any atom is 0.220 e. The van der Waals surface area contributed by atoms with Crippen molar-refractivity contribution in [3.05, 3.63) is 0 Å². The van der Waals surface area contributed by atoms with E-state index in [4.69, 9.17) is 5.73 Å². The molecule has 3 heteroatoms. The Hall–Kier alpha value is -0.570. The monoisotopic (exact) mass is 256 g/mol. The number of amides is 1. The highest BCUT2D eigenvalue weighted by Gasteiger charge is 2.26. The van der Waals surface area contributed by atoms with E-state index >= 15 is 0 Å². The molecule has 0 saturated carbocycles. The number of unbranched alkanes of at least 4 members (excludes halogenated alkanes) is 3. The number of nitrogens with two attached hydrogens (primary N) is 1. The number of carbonyl (C=O) groups is 1. The zero-order chi connectivity index (χ0) is 14.2. The van der Waals surface area contributed by atoms with Gasteiger partial charge in [-0.2, -0.15) is 0 Å². The summed E-state index contributed by atoms with van der Waals surface area (Å²) < 4.78 is 0. The maximum absolute atomic E-state index is 11.8. The molecule has 0 bridgehead atoms. The summed E-state index contributed by atoms with van der Waals surface area (Å²) >= 11 is 0. The highest BCUT2D eigenvalue weighted by Crippen LogP contribution is 2.26. The van der Waals surface area contributed by atoms with Gasteiger partial charge in [-0.15, -0.1) is 0 Å². The van der Waals surface area contributed by atoms with Crippen molar-refractivity contribution in [2.45, 2.75) is 78.7 Å². The van der Waals surface area contributed by atoms with Gasteiger partial charge in [-0.05, 0) is 45.1 Å². The largest absolute Gasteiger partial charge is 0.351 e. The molecule has 0 saturated heterocycles. The zero-order valence-corrected chi connectivity index (χ0v) is 12.9. The van der Waals surface area contributed by atoms with Crippen LogP contribution in [0.3, 0.4) is 0 Å². The first kappa shape index (κ1) is 17.4. The topological polar surface area (TPSA) is 55.1 Å². The molecular weight excluding hydrogens is 224 g/mol. The molecule has 3 N–H and O–H groups in total. The average Bonchev–Trinajstić information content (AvgIpc) is 2.12. The summed E-state index contributed by atoms with van der Waals surface area (Å²) in [7, 11) is 0. The summed E-state index contributed by atoms with van der Waals surface area (Å²) in [5, 5.41) is 3.14. The second kappa shape index (κ2) is 7.78. The van der Waals surface area contributed by atoms with E-state index in [1.807, 2.05) is 0 Å². The Bertz CT molecular complexity index is 241. The van der Waals surface area contributed by atoms with Gasteiger partial charge in [0, 0.05) is 12.0 Å². The minimum absolute atomic E-state index is 0.118. The predicted octanol–water partition coefficient (Wildman–Crippen LogP) is 3.23. The molecule has 0 atom stereocenters. The van der Waals surface area contributed by atoms with Crippen LogP contribution >= 0.6 is 0 Å². The third-order valence-corrected chi connectivity index (χ3v) is 2.81. The second-order valence-electron chi connectivity index (χ2n) is 7.12. The van der Waals surface area contributed by atoms with Crippen molar-refractivity contribution in [2.75, 3.05) is 6.54 Å². The van der Waals surface area contributed by atoms with Crippen LogP contribution in [0.15, 0.2) is 0 Å². The number of hydrogen-bond acceptors (Lipinski definition) is 2. The van der Waals surface area contributed by atoms with Crippen LogP contribution in [0.4, 0.5) is 0 Å². The lowest BCUT2D eigenvalue weighted by molar-refractivity contribution is -0.123. The molecule has 0 rings (SSSR count). The van der Waals surface area contributed by atoms with Gasteiger partial charge in [0.25, 0.3) is 0 Å². The van der Waals surface area contributed by atoms with Gasteiger partial charge in [0.15, 0.2) is 0 Å². The average molecular weight is 256 g/mol. The summed E-state index contributed by atoms with van der Waals surface area (Å²) in [6.45, 7) is 11.6. The van der Waals surface area contributed by atoms with Crippen LogP contribution in [0, 0.1) is 5.41 Å². The van der Waals surface area contributed by atoms with E-state index in [1.165, 1.54) is 0 Å². The normalized spacial score (nSPS) is 12.6. The van der Waals surface area contributed by atoms with Gasteiger partial charge < -0.3 is 11.1 Å². The number of carbonyl (C=O) groups excluding carboxylic acids is 1. The molecule has 0 fully saturated rings. The number of rotatable bonds is 8. The lowest BCUT2D eigenvalue weighted by Gasteiger charge is -2.33. The lowest BCUT2D eigenvalue weighted by atomic mass is 9.81. The fourth-order valence-corrected chi connectivity index (χ4v) is 2.59. The molecule has 0 radical (unpaired) electrons. The Morgan fingerprint density at radius 2 is 1.56 bits per heavy atom. The van der Waals surface area contributed by atoms with Crippen LogP contribution in [0.1, 0.15) is 73.1 Å². The van der Waals surface area contributed by atoms with Crippen molar-refractivity contribution in [2.24, 2.45) is 11.1 Å². The molecule has 3 nitrogen and oxygen atoms in total. The van der Waals surface area contributed by atoms with Gasteiger partial charge in [-0.25, -0.2) is 0 Å². The van der Waals surface area contributed by atoms with Crippen LogP contribution in [0.25, 0.3) is 0 Å². The fourth-order valence-electron chi connectivity index (χ4n) is 2.59. The molecule has 0 aromatic rings. The predicted molar refractivity (Wildman–Crippen MR) is 78.4 cm³/mol. The fraction of sp³-hybridized carbons (Fsp3) is 0.933. The Morgan fingerprint density at radius 1 is 1.00 bits per heavy atom. The van der Waals surface area contributed by atoms with Crippen molar-refractivity contribution < 1.29 is 4.79 Å². The van der Waals surface area contributed by atoms with Crippen molar-refractivity contribution in [3.8, 4) is 0 Å². The molecule has 0 unspecified atom stereocenters. The van der Waals surface area contributed by atoms with Crippen LogP contribution in [-0.2, 0) is 4.79 Å². The summed E-state index contributed by atoms with van der Waals surface area (Å²) in [4.78, 5) is 11.8. The third-order valence-electron chi connectivity index (χ3n) is 2.81. The van der Waals surface area contributed by atoms with Gasteiger partial charge in [0.2, 0.25) is 5.91 Å². The Morgan fingerprint density at radius 3 is 2.06 bits per heavy atom. The van der Waals surface area contributed by atoms with Crippen molar-refractivity contribution >= 4 is 5.91 Å². The highest BCUT2D eigenvalue weighted by molar-refractivity contribution is 5.76. The van der Waals surface area contributed by atoms with Crippen molar-refractivity contribution in [1.82, 2.24) is 5.32 Å². The first-order valence-corrected chi connectivity index (χ1v) is 7.17. The minimum atomic E-state index is -0.118. The molecule has 0 aromatic carbocycles. The van der Waals surface area contributed by atoms with E-state index in [9.17, 15) is 4.79 Å². The highest BCUT2D eigenvalue weighted by atomic mass is 16.1. The molecule has 0 aromatic heterocycles. The number of nitrogens with one attached hydrogen (secondary N) is 1. The molecule has 0 aliphatic heterocycles. The van der Waals surface area contributed by atoms with E-state index in [2.05, 4.69) is 39.9 Å². The summed E-state index contributed by atoms with van der Waals surface area (Å²) in [5.74, 6) is 0.178. The molecule has 0 heterocycles. The molecule has 0 aliphatic carbocycles. The Labute approximate surface area is 113 Å². The first-order valence-electron chi connectivity index (χ1n) is 7.17. The van der Waals surface area contributed by atoms with Gasteiger partial charge in [0.1, 0.15) is 0 Å². The van der Waals surface area contributed by atoms with Crippen LogP contribution in [-0.4, -0.2) is 18.0 Å². The van der Waals surface area contributed by atoms with E-state index in [0.29, 0.717) is 6.42 Å². The van der Waals surface area contributed by atoms with Crippen LogP contribution in [0.2, 0.25) is 0 Å². The quantitative estimate of drug-likeness (QED) is 0.655. The van der Waals surface area contributed by atoms with E-state index in [1.54, 1.807) is 0 Å². The van der Waals surface area contributed by atoms with E-state index in [0.717, 1.165) is 38.6 Å². The standard InChI is InChI=1S/C15H32N2O/c1-14(2,3)12-15(4,5)17-13(18)10-8-6-7-9-11-16/h6-12,16H2,1-5H3,(H,17,18). The summed E-state index contributed by atoms with van der Waals surface area (Å²) in [6, 6.07) is 0. The maximum atomic E-state index is 11.8. The summed E-state index contributed by atoms with van der Waals surface area (Å²) in [5.41, 5.74) is 5.55. The first-order chi connectivity index (χ1) is 8.16. The van der Waals surface area contributed by atoms with Gasteiger partial charge in [0.05, 0.1) is 0 Å². The van der Waals surface area contributed by atoms with E-state index in [-0.39, 0.29) is 16.9 Å². The number of hydrogen-bond donors (Lipinski definition) is 2. The molecule has 0 spiro atoms. The molecular formula is C15H32N2O. The van der Waals surface area contributed by atoms with Crippen molar-refractivity contribution in [3.63, 3.8) is 0 Å². The molecule has 1 amide bonds. The van der Waals surface area contributed by atoms with Gasteiger partial charge >= 0.3 is 0 Å². The van der Waals surface area contributed by atoms with Crippen LogP contribution in [0.5, 0.6) is 0 Å². The van der Waals surface area contributed by atoms with Gasteiger partial charge in [-0.3, -0.25) is 4.79 Å². The smallest absolute Gasteiger partial charge is 0.220 e. The molecule has 0 aliphatic rings. The molecule has 18 heavy (non-hydrogen) atoms. The van der Waals surface area contributed by atoms with Gasteiger partial charge in [-0.1, -0.05) is 33.6 Å². The third kappa shape index (κ3) is 10.6. The van der Waals surface area contributed by atoms with Crippen molar-refractivity contribution in [1.29, 1.82) is 0 Å². The lowest BCUT2D eigenvalue weighted by Crippen LogP contribution is -2.45.